The van der Waals surface area contributed by atoms with E-state index in [4.69, 9.17) is 16.3 Å². The van der Waals surface area contributed by atoms with Gasteiger partial charge in [0.05, 0.1) is 29.5 Å². The van der Waals surface area contributed by atoms with Gasteiger partial charge in [0.25, 0.3) is 11.8 Å². The van der Waals surface area contributed by atoms with Gasteiger partial charge in [0, 0.05) is 18.8 Å². The number of methoxy groups -OCH3 is 1. The molecule has 2 amide bonds. The number of hydrogen-bond donors (Lipinski definition) is 2. The number of carbonyl (C=O) groups excluding carboxylic acids is 2. The predicted octanol–water partition coefficient (Wildman–Crippen LogP) is 3.91. The Morgan fingerprint density at radius 3 is 2.71 bits per heavy atom. The van der Waals surface area contributed by atoms with Crippen molar-refractivity contribution in [2.75, 3.05) is 19.0 Å². The summed E-state index contributed by atoms with van der Waals surface area (Å²) in [7, 11) is 1.45. The molecule has 10 nitrogen and oxygen atoms in total. The highest BCUT2D eigenvalue weighted by molar-refractivity contribution is 6.32. The van der Waals surface area contributed by atoms with Crippen molar-refractivity contribution in [2.45, 2.75) is 27.2 Å². The summed E-state index contributed by atoms with van der Waals surface area (Å²) < 4.78 is 8.06. The number of ether oxygens (including phenoxy) is 1. The number of halogens is 1. The van der Waals surface area contributed by atoms with Crippen molar-refractivity contribution in [1.29, 1.82) is 0 Å². The summed E-state index contributed by atoms with van der Waals surface area (Å²) in [5, 5.41) is 14.7. The SMILES string of the molecule is CCC(C)CNC(=O)c1c(NC(=O)c2cc(OC)nn2-c2ncccc2Cl)c(C)cc2ccnn12. The topological polar surface area (TPSA) is 115 Å². The molecule has 0 saturated carbocycles. The van der Waals surface area contributed by atoms with E-state index < -0.39 is 5.91 Å². The van der Waals surface area contributed by atoms with Gasteiger partial charge in [-0.15, -0.1) is 5.10 Å². The molecule has 0 aliphatic heterocycles. The Morgan fingerprint density at radius 1 is 1.20 bits per heavy atom. The van der Waals surface area contributed by atoms with Crippen LogP contribution in [0.2, 0.25) is 5.02 Å². The zero-order chi connectivity index (χ0) is 25.1. The number of aryl methyl sites for hydroxylation is 1. The number of rotatable bonds is 8. The van der Waals surface area contributed by atoms with Crippen molar-refractivity contribution in [2.24, 2.45) is 5.92 Å². The molecule has 11 heteroatoms. The Hall–Kier alpha value is -3.92. The maximum atomic E-state index is 13.5. The average Bonchev–Trinajstić information content (AvgIpc) is 3.49. The van der Waals surface area contributed by atoms with E-state index in [-0.39, 0.29) is 29.0 Å². The number of fused-ring (bicyclic) bond motifs is 1. The Morgan fingerprint density at radius 2 is 2.00 bits per heavy atom. The number of aromatic nitrogens is 5. The van der Waals surface area contributed by atoms with Crippen molar-refractivity contribution in [3.05, 3.63) is 64.7 Å². The quantitative estimate of drug-likeness (QED) is 0.383. The summed E-state index contributed by atoms with van der Waals surface area (Å²) in [4.78, 5) is 31.0. The van der Waals surface area contributed by atoms with Gasteiger partial charge in [0.1, 0.15) is 5.69 Å². The van der Waals surface area contributed by atoms with Crippen molar-refractivity contribution in [3.8, 4) is 11.7 Å². The van der Waals surface area contributed by atoms with E-state index in [2.05, 4.69) is 39.7 Å². The van der Waals surface area contributed by atoms with E-state index in [1.54, 1.807) is 30.6 Å². The van der Waals surface area contributed by atoms with Gasteiger partial charge < -0.3 is 15.4 Å². The normalized spacial score (nSPS) is 11.9. The molecule has 0 aromatic carbocycles. The molecule has 4 aromatic rings. The Bertz CT molecular complexity index is 1400. The fraction of sp³-hybridized carbons (Fsp3) is 0.292. The second kappa shape index (κ2) is 10.1. The predicted molar refractivity (Wildman–Crippen MR) is 133 cm³/mol. The van der Waals surface area contributed by atoms with E-state index >= 15 is 0 Å². The third-order valence-corrected chi connectivity index (χ3v) is 6.00. The van der Waals surface area contributed by atoms with E-state index in [1.165, 1.54) is 22.4 Å². The second-order valence-electron chi connectivity index (χ2n) is 8.19. The van der Waals surface area contributed by atoms with Gasteiger partial charge >= 0.3 is 0 Å². The maximum Gasteiger partial charge on any atom is 0.274 e. The number of nitrogens with one attached hydrogen (secondary N) is 2. The first-order valence-electron chi connectivity index (χ1n) is 11.2. The molecule has 0 spiro atoms. The first-order valence-corrected chi connectivity index (χ1v) is 11.5. The first kappa shape index (κ1) is 24.2. The molecule has 4 aromatic heterocycles. The van der Waals surface area contributed by atoms with Crippen LogP contribution in [-0.4, -0.2) is 49.8 Å². The lowest BCUT2D eigenvalue weighted by molar-refractivity contribution is 0.0941. The lowest BCUT2D eigenvalue weighted by Crippen LogP contribution is -2.31. The summed E-state index contributed by atoms with van der Waals surface area (Å²) in [6.07, 6.45) is 4.08. The number of carbonyl (C=O) groups is 2. The molecule has 0 fully saturated rings. The zero-order valence-corrected chi connectivity index (χ0v) is 20.6. The molecular weight excluding hydrogens is 470 g/mol. The fourth-order valence-corrected chi connectivity index (χ4v) is 3.75. The monoisotopic (exact) mass is 495 g/mol. The number of anilines is 1. The van der Waals surface area contributed by atoms with Gasteiger partial charge in [-0.2, -0.15) is 5.10 Å². The van der Waals surface area contributed by atoms with Gasteiger partial charge in [-0.3, -0.25) is 9.59 Å². The Labute approximate surface area is 207 Å². The summed E-state index contributed by atoms with van der Waals surface area (Å²) in [5.74, 6) is -0.0687. The molecule has 2 N–H and O–H groups in total. The number of nitrogens with zero attached hydrogens (tertiary/aromatic N) is 5. The van der Waals surface area contributed by atoms with E-state index in [1.807, 2.05) is 13.0 Å². The summed E-state index contributed by atoms with van der Waals surface area (Å²) in [6.45, 7) is 6.44. The minimum atomic E-state index is -0.520. The second-order valence-corrected chi connectivity index (χ2v) is 8.60. The van der Waals surface area contributed by atoms with Crippen LogP contribution in [0.4, 0.5) is 5.69 Å². The van der Waals surface area contributed by atoms with Crippen LogP contribution >= 0.6 is 11.6 Å². The van der Waals surface area contributed by atoms with Crippen molar-refractivity contribution in [1.82, 2.24) is 29.7 Å². The molecule has 0 radical (unpaired) electrons. The number of pyridine rings is 2. The van der Waals surface area contributed by atoms with Crippen molar-refractivity contribution in [3.63, 3.8) is 0 Å². The van der Waals surface area contributed by atoms with Crippen LogP contribution in [0.25, 0.3) is 11.3 Å². The molecule has 4 heterocycles. The molecule has 4 rings (SSSR count). The molecule has 0 aliphatic carbocycles. The molecule has 0 saturated heterocycles. The van der Waals surface area contributed by atoms with E-state index in [0.29, 0.717) is 28.7 Å². The van der Waals surface area contributed by atoms with E-state index in [9.17, 15) is 9.59 Å². The molecule has 0 aliphatic rings. The summed E-state index contributed by atoms with van der Waals surface area (Å²) >= 11 is 6.30. The maximum absolute atomic E-state index is 13.5. The van der Waals surface area contributed by atoms with Gasteiger partial charge in [-0.05, 0) is 42.7 Å². The minimum Gasteiger partial charge on any atom is -0.480 e. The first-order chi connectivity index (χ1) is 16.8. The molecule has 0 bridgehead atoms. The Balaban J connectivity index is 1.76. The minimum absolute atomic E-state index is 0.133. The molecule has 1 unspecified atom stereocenters. The summed E-state index contributed by atoms with van der Waals surface area (Å²) in [6, 6.07) is 8.45. The van der Waals surface area contributed by atoms with Crippen LogP contribution in [0.1, 0.15) is 46.8 Å². The van der Waals surface area contributed by atoms with Crippen molar-refractivity contribution < 1.29 is 14.3 Å². The Kier molecular flexibility index (Phi) is 7.02. The summed E-state index contributed by atoms with van der Waals surface area (Å²) in [5.41, 5.74) is 2.14. The lowest BCUT2D eigenvalue weighted by Gasteiger charge is -2.17. The van der Waals surface area contributed by atoms with Gasteiger partial charge in [-0.25, -0.2) is 14.2 Å². The van der Waals surface area contributed by atoms with Gasteiger partial charge in [0.15, 0.2) is 11.5 Å². The van der Waals surface area contributed by atoms with Crippen LogP contribution in [0.5, 0.6) is 5.88 Å². The highest BCUT2D eigenvalue weighted by Crippen LogP contribution is 2.26. The zero-order valence-electron chi connectivity index (χ0n) is 19.9. The van der Waals surface area contributed by atoms with Gasteiger partial charge in [-0.1, -0.05) is 31.9 Å². The molecular formula is C24H26ClN7O3. The average molecular weight is 496 g/mol. The van der Waals surface area contributed by atoms with Crippen LogP contribution < -0.4 is 15.4 Å². The standard InChI is InChI=1S/C24H26ClN7O3/c1-5-14(2)13-27-24(34)21-20(15(3)11-16-8-10-28-31(16)21)29-23(33)18-12-19(35-4)30-32(18)22-17(25)7-6-9-26-22/h6-12,14H,5,13H2,1-4H3,(H,27,34)(H,29,33). The van der Waals surface area contributed by atoms with Crippen molar-refractivity contribution >= 4 is 34.6 Å². The third-order valence-electron chi connectivity index (χ3n) is 5.71. The third kappa shape index (κ3) is 4.83. The fourth-order valence-electron chi connectivity index (χ4n) is 3.55. The smallest absolute Gasteiger partial charge is 0.274 e. The molecule has 35 heavy (non-hydrogen) atoms. The van der Waals surface area contributed by atoms with Crippen LogP contribution in [0.3, 0.4) is 0 Å². The van der Waals surface area contributed by atoms with Crippen LogP contribution in [0.15, 0.2) is 42.7 Å². The van der Waals surface area contributed by atoms with Gasteiger partial charge in [0.2, 0.25) is 5.88 Å². The highest BCUT2D eigenvalue weighted by atomic mass is 35.5. The molecule has 182 valence electrons. The van der Waals surface area contributed by atoms with E-state index in [0.717, 1.165) is 11.9 Å². The van der Waals surface area contributed by atoms with Crippen LogP contribution in [0, 0.1) is 12.8 Å². The molecule has 1 atom stereocenters. The highest BCUT2D eigenvalue weighted by Gasteiger charge is 2.25. The lowest BCUT2D eigenvalue weighted by atomic mass is 10.1. The van der Waals surface area contributed by atoms with Crippen LogP contribution in [-0.2, 0) is 0 Å². The number of hydrogen-bond acceptors (Lipinski definition) is 6. The largest absolute Gasteiger partial charge is 0.480 e. The number of amides is 2.